The van der Waals surface area contributed by atoms with Gasteiger partial charge in [0.1, 0.15) is 0 Å². The van der Waals surface area contributed by atoms with Gasteiger partial charge in [-0.15, -0.1) is 0 Å². The van der Waals surface area contributed by atoms with Gasteiger partial charge in [-0.2, -0.15) is 5.10 Å². The number of nitrogens with zero attached hydrogens (tertiary/aromatic N) is 2. The van der Waals surface area contributed by atoms with Crippen LogP contribution >= 0.6 is 0 Å². The second-order valence-electron chi connectivity index (χ2n) is 6.16. The molecule has 1 heterocycles. The fourth-order valence-corrected chi connectivity index (χ4v) is 2.41. The van der Waals surface area contributed by atoms with Gasteiger partial charge in [0.15, 0.2) is 0 Å². The number of rotatable bonds is 5. The zero-order valence-electron chi connectivity index (χ0n) is 11.6. The SMILES string of the molecule is CC1(C)CC1NCc1cnn(Cc2ccccc2)c1. The summed E-state index contributed by atoms with van der Waals surface area (Å²) in [5.74, 6) is 0. The van der Waals surface area contributed by atoms with E-state index in [2.05, 4.69) is 54.7 Å². The minimum Gasteiger partial charge on any atom is -0.309 e. The molecule has 3 heteroatoms. The summed E-state index contributed by atoms with van der Waals surface area (Å²) < 4.78 is 2.00. The molecule has 0 radical (unpaired) electrons. The molecule has 1 atom stereocenters. The molecule has 3 nitrogen and oxygen atoms in total. The van der Waals surface area contributed by atoms with Crippen molar-refractivity contribution in [2.24, 2.45) is 5.41 Å². The highest BCUT2D eigenvalue weighted by Gasteiger charge is 2.44. The second kappa shape index (κ2) is 4.82. The molecule has 2 aromatic rings. The van der Waals surface area contributed by atoms with E-state index in [-0.39, 0.29) is 0 Å². The molecule has 0 spiro atoms. The Morgan fingerprint density at radius 1 is 1.26 bits per heavy atom. The molecule has 19 heavy (non-hydrogen) atoms. The van der Waals surface area contributed by atoms with Crippen molar-refractivity contribution in [1.29, 1.82) is 0 Å². The maximum absolute atomic E-state index is 4.42. The molecule has 1 N–H and O–H groups in total. The van der Waals surface area contributed by atoms with Crippen LogP contribution in [0.25, 0.3) is 0 Å². The van der Waals surface area contributed by atoms with Crippen molar-refractivity contribution in [1.82, 2.24) is 15.1 Å². The van der Waals surface area contributed by atoms with Gasteiger partial charge in [0.2, 0.25) is 0 Å². The van der Waals surface area contributed by atoms with E-state index >= 15 is 0 Å². The van der Waals surface area contributed by atoms with Crippen LogP contribution in [0.15, 0.2) is 42.7 Å². The first-order valence-electron chi connectivity index (χ1n) is 6.92. The van der Waals surface area contributed by atoms with Gasteiger partial charge in [-0.3, -0.25) is 4.68 Å². The normalized spacial score (nSPS) is 20.4. The van der Waals surface area contributed by atoms with Crippen LogP contribution in [-0.4, -0.2) is 15.8 Å². The van der Waals surface area contributed by atoms with E-state index in [1.165, 1.54) is 17.5 Å². The summed E-state index contributed by atoms with van der Waals surface area (Å²) >= 11 is 0. The van der Waals surface area contributed by atoms with Crippen LogP contribution in [0.2, 0.25) is 0 Å². The number of benzene rings is 1. The van der Waals surface area contributed by atoms with E-state index in [1.54, 1.807) is 0 Å². The molecule has 1 fully saturated rings. The van der Waals surface area contributed by atoms with E-state index in [1.807, 2.05) is 16.9 Å². The van der Waals surface area contributed by atoms with Gasteiger partial charge in [-0.1, -0.05) is 44.2 Å². The van der Waals surface area contributed by atoms with Crippen LogP contribution in [0.3, 0.4) is 0 Å². The molecule has 3 rings (SSSR count). The number of hydrogen-bond acceptors (Lipinski definition) is 2. The average Bonchev–Trinajstić information content (AvgIpc) is 2.81. The Morgan fingerprint density at radius 3 is 2.68 bits per heavy atom. The fraction of sp³-hybridized carbons (Fsp3) is 0.438. The van der Waals surface area contributed by atoms with Gasteiger partial charge in [-0.25, -0.2) is 0 Å². The third kappa shape index (κ3) is 3.04. The molecule has 0 bridgehead atoms. The molecule has 100 valence electrons. The predicted octanol–water partition coefficient (Wildman–Crippen LogP) is 2.82. The monoisotopic (exact) mass is 255 g/mol. The van der Waals surface area contributed by atoms with E-state index in [0.717, 1.165) is 13.1 Å². The topological polar surface area (TPSA) is 29.9 Å². The summed E-state index contributed by atoms with van der Waals surface area (Å²) in [7, 11) is 0. The van der Waals surface area contributed by atoms with Crippen LogP contribution in [0, 0.1) is 5.41 Å². The lowest BCUT2D eigenvalue weighted by Crippen LogP contribution is -2.19. The second-order valence-corrected chi connectivity index (χ2v) is 6.16. The molecular formula is C16H21N3. The smallest absolute Gasteiger partial charge is 0.0659 e. The molecule has 1 aromatic heterocycles. The molecule has 1 saturated carbocycles. The highest BCUT2D eigenvalue weighted by molar-refractivity contribution is 5.15. The number of aromatic nitrogens is 2. The molecule has 0 amide bonds. The van der Waals surface area contributed by atoms with E-state index in [9.17, 15) is 0 Å². The number of hydrogen-bond donors (Lipinski definition) is 1. The van der Waals surface area contributed by atoms with Crippen LogP contribution in [0.4, 0.5) is 0 Å². The van der Waals surface area contributed by atoms with Crippen LogP contribution in [0.1, 0.15) is 31.4 Å². The fourth-order valence-electron chi connectivity index (χ4n) is 2.41. The van der Waals surface area contributed by atoms with Crippen LogP contribution < -0.4 is 5.32 Å². The quantitative estimate of drug-likeness (QED) is 0.890. The lowest BCUT2D eigenvalue weighted by Gasteiger charge is -2.04. The third-order valence-corrected chi connectivity index (χ3v) is 3.94. The predicted molar refractivity (Wildman–Crippen MR) is 76.8 cm³/mol. The van der Waals surface area contributed by atoms with Crippen molar-refractivity contribution < 1.29 is 0 Å². The molecule has 1 unspecified atom stereocenters. The highest BCUT2D eigenvalue weighted by atomic mass is 15.3. The largest absolute Gasteiger partial charge is 0.309 e. The molecular weight excluding hydrogens is 234 g/mol. The van der Waals surface area contributed by atoms with Gasteiger partial charge in [0, 0.05) is 24.3 Å². The summed E-state index contributed by atoms with van der Waals surface area (Å²) in [6.45, 7) is 6.38. The Labute approximate surface area is 114 Å². The summed E-state index contributed by atoms with van der Waals surface area (Å²) in [5, 5.41) is 8.01. The van der Waals surface area contributed by atoms with Crippen molar-refractivity contribution >= 4 is 0 Å². The van der Waals surface area contributed by atoms with Gasteiger partial charge in [-0.05, 0) is 17.4 Å². The van der Waals surface area contributed by atoms with Gasteiger partial charge >= 0.3 is 0 Å². The van der Waals surface area contributed by atoms with Gasteiger partial charge in [0.25, 0.3) is 0 Å². The molecule has 0 saturated heterocycles. The first-order chi connectivity index (χ1) is 9.13. The van der Waals surface area contributed by atoms with E-state index in [0.29, 0.717) is 11.5 Å². The Morgan fingerprint density at radius 2 is 2.00 bits per heavy atom. The summed E-state index contributed by atoms with van der Waals surface area (Å²) in [5.41, 5.74) is 3.03. The first kappa shape index (κ1) is 12.4. The zero-order chi connectivity index (χ0) is 13.3. The van der Waals surface area contributed by atoms with E-state index < -0.39 is 0 Å². The Bertz CT molecular complexity index is 542. The molecule has 1 aliphatic rings. The van der Waals surface area contributed by atoms with Crippen molar-refractivity contribution in [3.63, 3.8) is 0 Å². The summed E-state index contributed by atoms with van der Waals surface area (Å²) in [4.78, 5) is 0. The Kier molecular flexibility index (Phi) is 3.15. The maximum atomic E-state index is 4.42. The van der Waals surface area contributed by atoms with Crippen molar-refractivity contribution in [3.8, 4) is 0 Å². The van der Waals surface area contributed by atoms with Gasteiger partial charge < -0.3 is 5.32 Å². The lowest BCUT2D eigenvalue weighted by molar-refractivity contribution is 0.542. The zero-order valence-corrected chi connectivity index (χ0v) is 11.6. The Balaban J connectivity index is 1.55. The highest BCUT2D eigenvalue weighted by Crippen LogP contribution is 2.44. The standard InChI is InChI=1S/C16H21N3/c1-16(2)8-15(16)17-9-14-10-18-19(12-14)11-13-6-4-3-5-7-13/h3-7,10,12,15,17H,8-9,11H2,1-2H3. The minimum atomic E-state index is 0.486. The first-order valence-corrected chi connectivity index (χ1v) is 6.92. The van der Waals surface area contributed by atoms with Crippen LogP contribution in [-0.2, 0) is 13.1 Å². The van der Waals surface area contributed by atoms with E-state index in [4.69, 9.17) is 0 Å². The van der Waals surface area contributed by atoms with Gasteiger partial charge in [0.05, 0.1) is 12.7 Å². The van der Waals surface area contributed by atoms with Crippen molar-refractivity contribution in [2.45, 2.75) is 39.4 Å². The molecule has 1 aromatic carbocycles. The Hall–Kier alpha value is -1.61. The van der Waals surface area contributed by atoms with Crippen molar-refractivity contribution in [3.05, 3.63) is 53.9 Å². The van der Waals surface area contributed by atoms with Crippen LogP contribution in [0.5, 0.6) is 0 Å². The third-order valence-electron chi connectivity index (χ3n) is 3.94. The average molecular weight is 255 g/mol. The van der Waals surface area contributed by atoms with Crippen molar-refractivity contribution in [2.75, 3.05) is 0 Å². The molecule has 0 aliphatic heterocycles. The lowest BCUT2D eigenvalue weighted by atomic mass is 10.2. The minimum absolute atomic E-state index is 0.486. The summed E-state index contributed by atoms with van der Waals surface area (Å²) in [6.07, 6.45) is 5.38. The maximum Gasteiger partial charge on any atom is 0.0659 e. The molecule has 1 aliphatic carbocycles. The summed E-state index contributed by atoms with van der Waals surface area (Å²) in [6, 6.07) is 11.1. The number of nitrogens with one attached hydrogen (secondary N) is 1.